The zero-order chi connectivity index (χ0) is 15.8. The molecule has 1 heterocycles. The molecular formula is C14H20F3NO3. The normalized spacial score (nSPS) is 32.0. The average Bonchev–Trinajstić information content (AvgIpc) is 2.56. The van der Waals surface area contributed by atoms with Crippen molar-refractivity contribution >= 4 is 11.8 Å². The Morgan fingerprint density at radius 2 is 1.90 bits per heavy atom. The average molecular weight is 307 g/mol. The Morgan fingerprint density at radius 1 is 1.33 bits per heavy atom. The van der Waals surface area contributed by atoms with Crippen LogP contribution in [-0.2, 0) is 9.59 Å². The summed E-state index contributed by atoms with van der Waals surface area (Å²) in [6.45, 7) is 1.52. The first-order chi connectivity index (χ1) is 9.63. The number of carbonyl (C=O) groups excluding carboxylic acids is 2. The molecule has 1 saturated carbocycles. The maximum absolute atomic E-state index is 12.4. The summed E-state index contributed by atoms with van der Waals surface area (Å²) >= 11 is 0. The number of imide groups is 1. The van der Waals surface area contributed by atoms with E-state index in [9.17, 15) is 27.9 Å². The van der Waals surface area contributed by atoms with Crippen LogP contribution in [0.1, 0.15) is 45.4 Å². The number of carbonyl (C=O) groups is 2. The summed E-state index contributed by atoms with van der Waals surface area (Å²) < 4.78 is 36.7. The largest absolute Gasteiger partial charge is 0.391 e. The van der Waals surface area contributed by atoms with E-state index in [0.29, 0.717) is 18.8 Å². The second kappa shape index (κ2) is 5.59. The van der Waals surface area contributed by atoms with Crippen LogP contribution in [-0.4, -0.2) is 40.6 Å². The van der Waals surface area contributed by atoms with Gasteiger partial charge in [0, 0.05) is 6.42 Å². The molecule has 21 heavy (non-hydrogen) atoms. The SMILES string of the molecule is CC1CCC2(CC1)CC(=O)N(C[C@@H](O)CC(F)(F)F)C2=O. The fourth-order valence-corrected chi connectivity index (χ4v) is 3.29. The van der Waals surface area contributed by atoms with Gasteiger partial charge < -0.3 is 5.11 Å². The number of aliphatic hydroxyl groups is 1. The highest BCUT2D eigenvalue weighted by Crippen LogP contribution is 2.46. The molecule has 7 heteroatoms. The van der Waals surface area contributed by atoms with Gasteiger partial charge in [-0.2, -0.15) is 13.2 Å². The second-order valence-electron chi connectivity index (χ2n) is 6.42. The Labute approximate surface area is 121 Å². The van der Waals surface area contributed by atoms with E-state index in [2.05, 4.69) is 6.92 Å². The second-order valence-corrected chi connectivity index (χ2v) is 6.42. The highest BCUT2D eigenvalue weighted by molar-refractivity contribution is 6.06. The molecule has 1 atom stereocenters. The summed E-state index contributed by atoms with van der Waals surface area (Å²) in [5.41, 5.74) is -0.735. The van der Waals surface area contributed by atoms with Gasteiger partial charge in [-0.3, -0.25) is 14.5 Å². The maximum atomic E-state index is 12.4. The van der Waals surface area contributed by atoms with E-state index in [1.165, 1.54) is 0 Å². The lowest BCUT2D eigenvalue weighted by Gasteiger charge is -2.33. The van der Waals surface area contributed by atoms with Gasteiger partial charge in [0.05, 0.1) is 24.5 Å². The van der Waals surface area contributed by atoms with Gasteiger partial charge in [-0.1, -0.05) is 6.92 Å². The Hall–Kier alpha value is -1.11. The lowest BCUT2D eigenvalue weighted by Crippen LogP contribution is -2.42. The van der Waals surface area contributed by atoms with Gasteiger partial charge in [0.25, 0.3) is 0 Å². The van der Waals surface area contributed by atoms with Gasteiger partial charge in [0.15, 0.2) is 0 Å². The van der Waals surface area contributed by atoms with Crippen LogP contribution >= 0.6 is 0 Å². The summed E-state index contributed by atoms with van der Waals surface area (Å²) in [6, 6.07) is 0. The summed E-state index contributed by atoms with van der Waals surface area (Å²) in [4.78, 5) is 25.2. The monoisotopic (exact) mass is 307 g/mol. The molecule has 1 N–H and O–H groups in total. The number of hydrogen-bond donors (Lipinski definition) is 1. The summed E-state index contributed by atoms with van der Waals surface area (Å²) in [5.74, 6) is -0.361. The van der Waals surface area contributed by atoms with Crippen LogP contribution in [0.4, 0.5) is 13.2 Å². The van der Waals surface area contributed by atoms with Crippen molar-refractivity contribution in [2.24, 2.45) is 11.3 Å². The number of aliphatic hydroxyl groups excluding tert-OH is 1. The van der Waals surface area contributed by atoms with Crippen molar-refractivity contribution in [2.75, 3.05) is 6.54 Å². The van der Waals surface area contributed by atoms with Crippen molar-refractivity contribution in [3.05, 3.63) is 0 Å². The Kier molecular flexibility index (Phi) is 4.33. The number of β-amino-alcohol motifs (C(OH)–C–C–N with tert-alkyl or cyclic N) is 1. The van der Waals surface area contributed by atoms with E-state index in [0.717, 1.165) is 17.7 Å². The molecule has 0 unspecified atom stereocenters. The van der Waals surface area contributed by atoms with Crippen molar-refractivity contribution in [3.63, 3.8) is 0 Å². The van der Waals surface area contributed by atoms with Crippen LogP contribution in [0.2, 0.25) is 0 Å². The molecule has 0 bridgehead atoms. The minimum absolute atomic E-state index is 0.0668. The third-order valence-corrected chi connectivity index (χ3v) is 4.58. The van der Waals surface area contributed by atoms with E-state index >= 15 is 0 Å². The standard InChI is InChI=1S/C14H20F3NO3/c1-9-2-4-13(5-3-9)7-11(20)18(12(13)21)8-10(19)6-14(15,16)17/h9-10,19H,2-8H2,1H3/t9?,10-,13?/m0/s1. The lowest BCUT2D eigenvalue weighted by atomic mass is 9.70. The first kappa shape index (κ1) is 16.3. The van der Waals surface area contributed by atoms with Crippen LogP contribution in [0.5, 0.6) is 0 Å². The molecule has 0 aromatic rings. The molecule has 0 aromatic carbocycles. The first-order valence-corrected chi connectivity index (χ1v) is 7.22. The molecule has 0 radical (unpaired) electrons. The number of hydrogen-bond acceptors (Lipinski definition) is 3. The smallest absolute Gasteiger partial charge is 0.391 e. The minimum Gasteiger partial charge on any atom is -0.391 e. The molecule has 2 rings (SSSR count). The molecule has 2 aliphatic rings. The Bertz CT molecular complexity index is 428. The third kappa shape index (κ3) is 3.56. The van der Waals surface area contributed by atoms with Crippen LogP contribution < -0.4 is 0 Å². The van der Waals surface area contributed by atoms with Gasteiger partial charge in [0.1, 0.15) is 0 Å². The van der Waals surface area contributed by atoms with Crippen LogP contribution in [0.3, 0.4) is 0 Å². The van der Waals surface area contributed by atoms with Crippen LogP contribution in [0, 0.1) is 11.3 Å². The molecule has 0 aromatic heterocycles. The number of likely N-dealkylation sites (tertiary alicyclic amines) is 1. The highest BCUT2D eigenvalue weighted by atomic mass is 19.4. The predicted octanol–water partition coefficient (Wildman–Crippen LogP) is 2.26. The fraction of sp³-hybridized carbons (Fsp3) is 0.857. The summed E-state index contributed by atoms with van der Waals surface area (Å²) in [7, 11) is 0. The molecule has 1 spiro atoms. The quantitative estimate of drug-likeness (QED) is 0.814. The van der Waals surface area contributed by atoms with E-state index in [-0.39, 0.29) is 6.42 Å². The molecule has 2 amide bonds. The molecule has 4 nitrogen and oxygen atoms in total. The highest BCUT2D eigenvalue weighted by Gasteiger charge is 2.52. The summed E-state index contributed by atoms with van der Waals surface area (Å²) in [5, 5.41) is 9.44. The number of amides is 2. The molecule has 2 fully saturated rings. The number of nitrogens with zero attached hydrogens (tertiary/aromatic N) is 1. The maximum Gasteiger partial charge on any atom is 0.391 e. The van der Waals surface area contributed by atoms with Gasteiger partial charge >= 0.3 is 6.18 Å². The van der Waals surface area contributed by atoms with Crippen molar-refractivity contribution in [1.82, 2.24) is 4.90 Å². The van der Waals surface area contributed by atoms with E-state index in [1.54, 1.807) is 0 Å². The molecule has 1 saturated heterocycles. The molecule has 120 valence electrons. The van der Waals surface area contributed by atoms with E-state index in [4.69, 9.17) is 0 Å². The first-order valence-electron chi connectivity index (χ1n) is 7.22. The van der Waals surface area contributed by atoms with Gasteiger partial charge in [-0.15, -0.1) is 0 Å². The Balaban J connectivity index is 2.02. The minimum atomic E-state index is -4.51. The van der Waals surface area contributed by atoms with Crippen LogP contribution in [0.25, 0.3) is 0 Å². The van der Waals surface area contributed by atoms with E-state index in [1.807, 2.05) is 0 Å². The van der Waals surface area contributed by atoms with Gasteiger partial charge in [0.2, 0.25) is 11.8 Å². The number of rotatable bonds is 3. The molecule has 1 aliphatic heterocycles. The van der Waals surface area contributed by atoms with Crippen molar-refractivity contribution < 1.29 is 27.9 Å². The summed E-state index contributed by atoms with van der Waals surface area (Å²) in [6.07, 6.45) is -4.71. The molecule has 1 aliphatic carbocycles. The molecular weight excluding hydrogens is 287 g/mol. The van der Waals surface area contributed by atoms with Crippen molar-refractivity contribution in [1.29, 1.82) is 0 Å². The number of alkyl halides is 3. The third-order valence-electron chi connectivity index (χ3n) is 4.58. The fourth-order valence-electron chi connectivity index (χ4n) is 3.29. The topological polar surface area (TPSA) is 57.6 Å². The zero-order valence-corrected chi connectivity index (χ0v) is 11.9. The van der Waals surface area contributed by atoms with Gasteiger partial charge in [-0.25, -0.2) is 0 Å². The predicted molar refractivity (Wildman–Crippen MR) is 68.1 cm³/mol. The van der Waals surface area contributed by atoms with Gasteiger partial charge in [-0.05, 0) is 31.6 Å². The number of halogens is 3. The zero-order valence-electron chi connectivity index (χ0n) is 11.9. The Morgan fingerprint density at radius 3 is 2.43 bits per heavy atom. The van der Waals surface area contributed by atoms with Crippen molar-refractivity contribution in [2.45, 2.75) is 57.7 Å². The van der Waals surface area contributed by atoms with E-state index < -0.39 is 42.5 Å². The lowest BCUT2D eigenvalue weighted by molar-refractivity contribution is -0.161. The van der Waals surface area contributed by atoms with Crippen molar-refractivity contribution in [3.8, 4) is 0 Å². The van der Waals surface area contributed by atoms with Crippen LogP contribution in [0.15, 0.2) is 0 Å².